The third kappa shape index (κ3) is 6.05. The summed E-state index contributed by atoms with van der Waals surface area (Å²) in [5.41, 5.74) is 4.81. The summed E-state index contributed by atoms with van der Waals surface area (Å²) in [7, 11) is 5.59. The van der Waals surface area contributed by atoms with Gasteiger partial charge in [-0.05, 0) is 56.7 Å². The molecule has 0 spiro atoms. The molecule has 13 heteroatoms. The van der Waals surface area contributed by atoms with Crippen LogP contribution in [0.1, 0.15) is 18.7 Å². The number of pyridine rings is 1. The number of benzene rings is 2. The number of aromatic nitrogens is 5. The van der Waals surface area contributed by atoms with Crippen molar-refractivity contribution in [3.63, 3.8) is 0 Å². The van der Waals surface area contributed by atoms with Gasteiger partial charge in [0.2, 0.25) is 5.91 Å². The molecule has 0 saturated heterocycles. The SMILES string of the molecule is C=CC(=O)N1CCn2nc(-c3nc(-c4ccc5c(cnn5CCN(C)C)c4)c4ccsc4c3-c3c(F)cc(F)cc3OCCOC)cc2C1C. The molecule has 7 rings (SSSR count). The van der Waals surface area contributed by atoms with Crippen molar-refractivity contribution >= 4 is 38.2 Å². The van der Waals surface area contributed by atoms with Crippen LogP contribution in [-0.2, 0) is 22.6 Å². The van der Waals surface area contributed by atoms with Crippen molar-refractivity contribution in [1.82, 2.24) is 34.3 Å². The van der Waals surface area contributed by atoms with Crippen molar-refractivity contribution in [3.05, 3.63) is 84.0 Å². The Morgan fingerprint density at radius 2 is 1.94 bits per heavy atom. The predicted molar refractivity (Wildman–Crippen MR) is 191 cm³/mol. The zero-order valence-corrected chi connectivity index (χ0v) is 29.1. The smallest absolute Gasteiger partial charge is 0.246 e. The molecule has 10 nitrogen and oxygen atoms in total. The van der Waals surface area contributed by atoms with Gasteiger partial charge in [0, 0.05) is 58.9 Å². The number of thiophene rings is 1. The standard InChI is InChI=1S/C37H37F2N7O3S/c1-6-32(47)44-11-13-46-30(22(44)2)20-28(42-46)36-34(33-27(39)18-25(38)19-31(33)49-15-14-48-5)37-26(9-16-50-37)35(41-36)23-7-8-29-24(17-23)21-40-45(29)12-10-43(3)4/h6-9,16-22H,1,10-15H2,2-5H3. The molecular weight excluding hydrogens is 661 g/mol. The maximum absolute atomic E-state index is 16.2. The number of ether oxygens (including phenoxy) is 2. The average molecular weight is 698 g/mol. The summed E-state index contributed by atoms with van der Waals surface area (Å²) in [6, 6.07) is 11.8. The number of carbonyl (C=O) groups is 1. The van der Waals surface area contributed by atoms with Gasteiger partial charge in [-0.1, -0.05) is 12.6 Å². The molecule has 2 aromatic carbocycles. The van der Waals surface area contributed by atoms with E-state index in [9.17, 15) is 9.18 Å². The number of rotatable bonds is 11. The average Bonchev–Trinajstić information content (AvgIpc) is 3.85. The number of amides is 1. The van der Waals surface area contributed by atoms with Crippen LogP contribution in [0.4, 0.5) is 8.78 Å². The normalized spacial score (nSPS) is 14.5. The van der Waals surface area contributed by atoms with Crippen LogP contribution in [0.25, 0.3) is 54.8 Å². The minimum Gasteiger partial charge on any atom is -0.490 e. The Labute approximate surface area is 292 Å². The lowest BCUT2D eigenvalue weighted by atomic mass is 9.96. The number of carbonyl (C=O) groups excluding carboxylic acids is 1. The fourth-order valence-electron chi connectivity index (χ4n) is 6.55. The fourth-order valence-corrected chi connectivity index (χ4v) is 7.50. The van der Waals surface area contributed by atoms with Crippen LogP contribution in [0.3, 0.4) is 0 Å². The minimum absolute atomic E-state index is 0.0386. The Bertz CT molecular complexity index is 2240. The monoisotopic (exact) mass is 697 g/mol. The number of likely N-dealkylation sites (N-methyl/N-ethyl adjacent to an activating group) is 1. The number of halogens is 2. The molecule has 0 saturated carbocycles. The van der Waals surface area contributed by atoms with Crippen LogP contribution in [0.2, 0.25) is 0 Å². The Balaban J connectivity index is 1.45. The zero-order chi connectivity index (χ0) is 35.1. The molecule has 0 aliphatic carbocycles. The van der Waals surface area contributed by atoms with Gasteiger partial charge in [-0.15, -0.1) is 11.3 Å². The van der Waals surface area contributed by atoms with Gasteiger partial charge in [0.15, 0.2) is 0 Å². The molecule has 0 bridgehead atoms. The van der Waals surface area contributed by atoms with Crippen LogP contribution < -0.4 is 4.74 Å². The van der Waals surface area contributed by atoms with E-state index < -0.39 is 11.6 Å². The summed E-state index contributed by atoms with van der Waals surface area (Å²) in [6.45, 7) is 8.45. The largest absolute Gasteiger partial charge is 0.490 e. The lowest BCUT2D eigenvalue weighted by Crippen LogP contribution is -2.40. The van der Waals surface area contributed by atoms with E-state index in [1.807, 2.05) is 66.2 Å². The van der Waals surface area contributed by atoms with Crippen molar-refractivity contribution in [3.8, 4) is 39.5 Å². The summed E-state index contributed by atoms with van der Waals surface area (Å²) in [4.78, 5) is 21.8. The quantitative estimate of drug-likeness (QED) is 0.109. The van der Waals surface area contributed by atoms with Gasteiger partial charge in [-0.3, -0.25) is 14.2 Å². The molecule has 0 fully saturated rings. The number of methoxy groups -OCH3 is 1. The van der Waals surface area contributed by atoms with E-state index in [0.29, 0.717) is 35.7 Å². The van der Waals surface area contributed by atoms with Crippen LogP contribution in [0.15, 0.2) is 66.7 Å². The van der Waals surface area contributed by atoms with Crippen molar-refractivity contribution in [1.29, 1.82) is 0 Å². The lowest BCUT2D eigenvalue weighted by Gasteiger charge is -2.33. The van der Waals surface area contributed by atoms with E-state index in [4.69, 9.17) is 19.6 Å². The summed E-state index contributed by atoms with van der Waals surface area (Å²) < 4.78 is 46.6. The molecule has 1 aliphatic rings. The topological polar surface area (TPSA) is 90.5 Å². The summed E-state index contributed by atoms with van der Waals surface area (Å²) in [6.07, 6.45) is 3.17. The van der Waals surface area contributed by atoms with E-state index in [1.54, 1.807) is 4.90 Å². The highest BCUT2D eigenvalue weighted by molar-refractivity contribution is 7.18. The van der Waals surface area contributed by atoms with Crippen molar-refractivity contribution in [2.24, 2.45) is 0 Å². The third-order valence-corrected chi connectivity index (χ3v) is 9.99. The maximum atomic E-state index is 16.2. The van der Waals surface area contributed by atoms with Gasteiger partial charge < -0.3 is 19.3 Å². The van der Waals surface area contributed by atoms with Crippen molar-refractivity contribution < 1.29 is 23.0 Å². The molecule has 1 aliphatic heterocycles. The highest BCUT2D eigenvalue weighted by Crippen LogP contribution is 2.47. The number of hydrogen-bond donors (Lipinski definition) is 0. The van der Waals surface area contributed by atoms with E-state index in [1.165, 1.54) is 30.6 Å². The number of nitrogens with zero attached hydrogens (tertiary/aromatic N) is 7. The van der Waals surface area contributed by atoms with E-state index >= 15 is 4.39 Å². The highest BCUT2D eigenvalue weighted by Gasteiger charge is 2.31. The van der Waals surface area contributed by atoms with E-state index in [2.05, 4.69) is 22.6 Å². The Kier molecular flexibility index (Phi) is 9.21. The van der Waals surface area contributed by atoms with Crippen molar-refractivity contribution in [2.45, 2.75) is 26.1 Å². The third-order valence-electron chi connectivity index (χ3n) is 9.06. The Morgan fingerprint density at radius 3 is 2.72 bits per heavy atom. The van der Waals surface area contributed by atoms with E-state index in [-0.39, 0.29) is 36.5 Å². The fraction of sp³-hybridized carbons (Fsp3) is 0.297. The van der Waals surface area contributed by atoms with Crippen LogP contribution >= 0.6 is 11.3 Å². The highest BCUT2D eigenvalue weighted by atomic mass is 32.1. The summed E-state index contributed by atoms with van der Waals surface area (Å²) >= 11 is 1.44. The predicted octanol–water partition coefficient (Wildman–Crippen LogP) is 6.80. The number of fused-ring (bicyclic) bond motifs is 3. The lowest BCUT2D eigenvalue weighted by molar-refractivity contribution is -0.129. The molecular formula is C37H37F2N7O3S. The minimum atomic E-state index is -0.783. The molecule has 5 heterocycles. The first-order chi connectivity index (χ1) is 24.2. The Morgan fingerprint density at radius 1 is 1.10 bits per heavy atom. The van der Waals surface area contributed by atoms with Crippen LogP contribution in [0, 0.1) is 11.6 Å². The molecule has 1 unspecified atom stereocenters. The van der Waals surface area contributed by atoms with E-state index in [0.717, 1.165) is 51.4 Å². The molecule has 50 heavy (non-hydrogen) atoms. The Hall–Kier alpha value is -4.98. The summed E-state index contributed by atoms with van der Waals surface area (Å²) in [5.74, 6) is -1.67. The molecule has 1 amide bonds. The molecule has 258 valence electrons. The molecule has 0 radical (unpaired) electrons. The van der Waals surface area contributed by atoms with Gasteiger partial charge in [0.25, 0.3) is 0 Å². The first-order valence-corrected chi connectivity index (χ1v) is 17.2. The second kappa shape index (κ2) is 13.7. The molecule has 0 N–H and O–H groups in total. The van der Waals surface area contributed by atoms with Gasteiger partial charge in [-0.2, -0.15) is 10.2 Å². The zero-order valence-electron chi connectivity index (χ0n) is 28.3. The first kappa shape index (κ1) is 33.5. The van der Waals surface area contributed by atoms with Crippen LogP contribution in [-0.4, -0.2) is 87.8 Å². The first-order valence-electron chi connectivity index (χ1n) is 16.3. The van der Waals surface area contributed by atoms with Crippen molar-refractivity contribution in [2.75, 3.05) is 47.5 Å². The molecule has 6 aromatic rings. The summed E-state index contributed by atoms with van der Waals surface area (Å²) in [5, 5.41) is 13.3. The second-order valence-electron chi connectivity index (χ2n) is 12.5. The second-order valence-corrected chi connectivity index (χ2v) is 13.4. The maximum Gasteiger partial charge on any atom is 0.246 e. The molecule has 4 aromatic heterocycles. The number of hydrogen-bond acceptors (Lipinski definition) is 8. The van der Waals surface area contributed by atoms with Gasteiger partial charge >= 0.3 is 0 Å². The van der Waals surface area contributed by atoms with Gasteiger partial charge in [0.05, 0.1) is 54.4 Å². The van der Waals surface area contributed by atoms with Gasteiger partial charge in [-0.25, -0.2) is 13.8 Å². The van der Waals surface area contributed by atoms with Gasteiger partial charge in [0.1, 0.15) is 35.4 Å². The molecule has 1 atom stereocenters. The van der Waals surface area contributed by atoms with Crippen LogP contribution in [0.5, 0.6) is 5.75 Å².